The van der Waals surface area contributed by atoms with Crippen molar-refractivity contribution < 1.29 is 18.0 Å². The summed E-state index contributed by atoms with van der Waals surface area (Å²) in [5, 5.41) is 2.33. The molecule has 1 spiro atoms. The first kappa shape index (κ1) is 15.3. The molecule has 0 unspecified atom stereocenters. The van der Waals surface area contributed by atoms with E-state index in [-0.39, 0.29) is 18.2 Å². The van der Waals surface area contributed by atoms with E-state index in [1.54, 1.807) is 20.8 Å². The molecule has 0 bridgehead atoms. The van der Waals surface area contributed by atoms with Gasteiger partial charge in [0.15, 0.2) is 9.84 Å². The van der Waals surface area contributed by atoms with Gasteiger partial charge < -0.3 is 4.90 Å². The number of nitrogens with one attached hydrogen (secondary N) is 1. The fourth-order valence-electron chi connectivity index (χ4n) is 2.89. The first-order chi connectivity index (χ1) is 9.10. The monoisotopic (exact) mass is 302 g/mol. The van der Waals surface area contributed by atoms with E-state index in [4.69, 9.17) is 0 Å². The first-order valence-corrected chi connectivity index (χ1v) is 8.61. The van der Waals surface area contributed by atoms with Crippen LogP contribution in [0, 0.1) is 0 Å². The second-order valence-electron chi connectivity index (χ2n) is 6.58. The van der Waals surface area contributed by atoms with Crippen LogP contribution in [0.5, 0.6) is 0 Å². The van der Waals surface area contributed by atoms with Crippen LogP contribution in [-0.2, 0) is 14.6 Å². The summed E-state index contributed by atoms with van der Waals surface area (Å²) in [6, 6.07) is -0.457. The average molecular weight is 302 g/mol. The van der Waals surface area contributed by atoms with Crippen molar-refractivity contribution in [3.05, 3.63) is 0 Å². The van der Waals surface area contributed by atoms with E-state index in [0.29, 0.717) is 12.8 Å². The molecule has 0 aromatic rings. The van der Waals surface area contributed by atoms with E-state index in [2.05, 4.69) is 5.32 Å². The summed E-state index contributed by atoms with van der Waals surface area (Å²) >= 11 is 0. The van der Waals surface area contributed by atoms with Gasteiger partial charge >= 0.3 is 6.03 Å². The molecule has 1 saturated carbocycles. The summed E-state index contributed by atoms with van der Waals surface area (Å²) < 4.78 is 23.5. The van der Waals surface area contributed by atoms with Gasteiger partial charge in [-0.15, -0.1) is 0 Å². The van der Waals surface area contributed by atoms with E-state index < -0.39 is 26.2 Å². The summed E-state index contributed by atoms with van der Waals surface area (Å²) in [6.07, 6.45) is 3.03. The zero-order valence-electron chi connectivity index (χ0n) is 12.2. The Morgan fingerprint density at radius 1 is 1.20 bits per heavy atom. The lowest BCUT2D eigenvalue weighted by atomic mass is 9.96. The standard InChI is InChI=1S/C13H22N2O4S/c1-12(2,3)20(18,19)9-8-15-11(17)14-10(16)13(15)6-4-5-7-13/h4-9H2,1-3H3,(H,14,16,17). The van der Waals surface area contributed by atoms with Crippen molar-refractivity contribution in [1.29, 1.82) is 0 Å². The van der Waals surface area contributed by atoms with Crippen LogP contribution in [-0.4, -0.2) is 47.8 Å². The minimum atomic E-state index is -3.31. The smallest absolute Gasteiger partial charge is 0.309 e. The van der Waals surface area contributed by atoms with Gasteiger partial charge in [0.05, 0.1) is 10.5 Å². The summed E-state index contributed by atoms with van der Waals surface area (Å²) in [5.41, 5.74) is -0.801. The molecule has 1 aliphatic carbocycles. The van der Waals surface area contributed by atoms with Crippen LogP contribution in [0.25, 0.3) is 0 Å². The molecule has 2 aliphatic rings. The lowest BCUT2D eigenvalue weighted by molar-refractivity contribution is -0.126. The molecule has 0 aromatic carbocycles. The molecule has 2 rings (SSSR count). The number of hydrogen-bond donors (Lipinski definition) is 1. The first-order valence-electron chi connectivity index (χ1n) is 6.95. The molecule has 1 saturated heterocycles. The van der Waals surface area contributed by atoms with Gasteiger partial charge in [0.1, 0.15) is 5.54 Å². The molecule has 7 heteroatoms. The normalized spacial score (nSPS) is 22.6. The Morgan fingerprint density at radius 2 is 1.75 bits per heavy atom. The topological polar surface area (TPSA) is 83.6 Å². The molecule has 1 aliphatic heterocycles. The van der Waals surface area contributed by atoms with Gasteiger partial charge in [-0.1, -0.05) is 12.8 Å². The number of urea groups is 1. The van der Waals surface area contributed by atoms with Crippen LogP contribution in [0.4, 0.5) is 4.79 Å². The molecular formula is C13H22N2O4S. The molecule has 1 heterocycles. The lowest BCUT2D eigenvalue weighted by Gasteiger charge is -2.32. The maximum Gasteiger partial charge on any atom is 0.325 e. The highest BCUT2D eigenvalue weighted by atomic mass is 32.2. The van der Waals surface area contributed by atoms with Gasteiger partial charge in [-0.05, 0) is 33.6 Å². The fourth-order valence-corrected chi connectivity index (χ4v) is 3.92. The fraction of sp³-hybridized carbons (Fsp3) is 0.846. The van der Waals surface area contributed by atoms with Gasteiger partial charge in [-0.2, -0.15) is 0 Å². The Balaban J connectivity index is 2.16. The predicted molar refractivity (Wildman–Crippen MR) is 75.0 cm³/mol. The highest BCUT2D eigenvalue weighted by molar-refractivity contribution is 7.92. The molecule has 1 N–H and O–H groups in total. The second kappa shape index (κ2) is 4.72. The quantitative estimate of drug-likeness (QED) is 0.790. The van der Waals surface area contributed by atoms with E-state index in [1.807, 2.05) is 0 Å². The zero-order valence-corrected chi connectivity index (χ0v) is 13.0. The van der Waals surface area contributed by atoms with Gasteiger partial charge in [-0.25, -0.2) is 13.2 Å². The van der Waals surface area contributed by atoms with Crippen LogP contribution in [0.1, 0.15) is 46.5 Å². The number of nitrogens with zero attached hydrogens (tertiary/aromatic N) is 1. The third-order valence-corrected chi connectivity index (χ3v) is 6.94. The summed E-state index contributed by atoms with van der Waals surface area (Å²) in [6.45, 7) is 5.01. The van der Waals surface area contributed by atoms with Crippen molar-refractivity contribution >= 4 is 21.8 Å². The molecule has 114 valence electrons. The summed E-state index contributed by atoms with van der Waals surface area (Å²) in [7, 11) is -3.31. The van der Waals surface area contributed by atoms with Gasteiger partial charge in [0.2, 0.25) is 0 Å². The molecule has 6 nitrogen and oxygen atoms in total. The van der Waals surface area contributed by atoms with Gasteiger partial charge in [0, 0.05) is 6.54 Å². The number of amides is 3. The summed E-state index contributed by atoms with van der Waals surface area (Å²) in [4.78, 5) is 25.4. The van der Waals surface area contributed by atoms with Crippen LogP contribution < -0.4 is 5.32 Å². The number of sulfone groups is 1. The van der Waals surface area contributed by atoms with Crippen LogP contribution >= 0.6 is 0 Å². The minimum absolute atomic E-state index is 0.0805. The van der Waals surface area contributed by atoms with Crippen molar-refractivity contribution in [1.82, 2.24) is 10.2 Å². The highest BCUT2D eigenvalue weighted by Crippen LogP contribution is 2.38. The predicted octanol–water partition coefficient (Wildman–Crippen LogP) is 1.06. The Hall–Kier alpha value is -1.11. The molecule has 2 fully saturated rings. The zero-order chi connectivity index (χ0) is 15.2. The van der Waals surface area contributed by atoms with E-state index in [1.165, 1.54) is 4.90 Å². The Labute approximate surface area is 119 Å². The number of imide groups is 1. The minimum Gasteiger partial charge on any atom is -0.309 e. The van der Waals surface area contributed by atoms with Crippen LogP contribution in [0.15, 0.2) is 0 Å². The van der Waals surface area contributed by atoms with Gasteiger partial charge in [-0.3, -0.25) is 10.1 Å². The largest absolute Gasteiger partial charge is 0.325 e. The second-order valence-corrected chi connectivity index (χ2v) is 9.44. The van der Waals surface area contributed by atoms with Crippen molar-refractivity contribution in [2.45, 2.75) is 56.7 Å². The molecule has 20 heavy (non-hydrogen) atoms. The molecule has 0 radical (unpaired) electrons. The molecule has 0 atom stereocenters. The number of carbonyl (C=O) groups is 2. The van der Waals surface area contributed by atoms with Crippen molar-refractivity contribution in [2.24, 2.45) is 0 Å². The number of carbonyl (C=O) groups excluding carboxylic acids is 2. The highest BCUT2D eigenvalue weighted by Gasteiger charge is 2.54. The van der Waals surface area contributed by atoms with E-state index in [0.717, 1.165) is 12.8 Å². The Bertz CT molecular complexity index is 527. The van der Waals surface area contributed by atoms with E-state index in [9.17, 15) is 18.0 Å². The van der Waals surface area contributed by atoms with Crippen LogP contribution in [0.3, 0.4) is 0 Å². The molecule has 3 amide bonds. The average Bonchev–Trinajstić information content (AvgIpc) is 2.85. The SMILES string of the molecule is CC(C)(C)S(=O)(=O)CCN1C(=O)NC(=O)C12CCCC2. The van der Waals surface area contributed by atoms with E-state index >= 15 is 0 Å². The maximum absolute atomic E-state index is 12.2. The number of hydrogen-bond acceptors (Lipinski definition) is 4. The molecule has 0 aromatic heterocycles. The Morgan fingerprint density at radius 3 is 2.25 bits per heavy atom. The van der Waals surface area contributed by atoms with Crippen molar-refractivity contribution in [3.8, 4) is 0 Å². The summed E-state index contributed by atoms with van der Waals surface area (Å²) in [5.74, 6) is -0.382. The van der Waals surface area contributed by atoms with Gasteiger partial charge in [0.25, 0.3) is 5.91 Å². The van der Waals surface area contributed by atoms with Crippen molar-refractivity contribution in [3.63, 3.8) is 0 Å². The van der Waals surface area contributed by atoms with Crippen LogP contribution in [0.2, 0.25) is 0 Å². The Kier molecular flexibility index (Phi) is 3.60. The molecular weight excluding hydrogens is 280 g/mol. The maximum atomic E-state index is 12.2. The third-order valence-electron chi connectivity index (χ3n) is 4.35. The lowest BCUT2D eigenvalue weighted by Crippen LogP contribution is -2.49. The number of rotatable bonds is 3. The van der Waals surface area contributed by atoms with Crippen molar-refractivity contribution in [2.75, 3.05) is 12.3 Å². The third kappa shape index (κ3) is 2.32.